The van der Waals surface area contributed by atoms with Crippen LogP contribution in [0.1, 0.15) is 27.3 Å². The first-order valence-electron chi connectivity index (χ1n) is 4.04. The van der Waals surface area contributed by atoms with E-state index >= 15 is 0 Å². The van der Waals surface area contributed by atoms with Crippen LogP contribution in [0.4, 0.5) is 0 Å². The normalized spacial score (nSPS) is 18.7. The minimum Gasteiger partial charge on any atom is -0.411 e. The van der Waals surface area contributed by atoms with E-state index in [1.165, 1.54) is 20.9 Å². The number of hydrogen-bond donors (Lipinski definition) is 1. The molecule has 0 saturated heterocycles. The van der Waals surface area contributed by atoms with Crippen molar-refractivity contribution in [3.63, 3.8) is 0 Å². The molecule has 64 valence electrons. The van der Waals surface area contributed by atoms with E-state index in [9.17, 15) is 0 Å². The van der Waals surface area contributed by atoms with E-state index in [4.69, 9.17) is 5.21 Å². The first-order chi connectivity index (χ1) is 5.74. The van der Waals surface area contributed by atoms with Gasteiger partial charge in [0.15, 0.2) is 0 Å². The maximum absolute atomic E-state index is 8.74. The van der Waals surface area contributed by atoms with Crippen LogP contribution in [-0.2, 0) is 6.42 Å². The topological polar surface area (TPSA) is 32.6 Å². The summed E-state index contributed by atoms with van der Waals surface area (Å²) in [6.07, 6.45) is 1.95. The van der Waals surface area contributed by atoms with E-state index in [1.54, 1.807) is 11.3 Å². The molecule has 1 N–H and O–H groups in total. The maximum Gasteiger partial charge on any atom is 0.0885 e. The summed E-state index contributed by atoms with van der Waals surface area (Å²) in [6, 6.07) is 0. The molecular formula is C9H11NOS. The lowest BCUT2D eigenvalue weighted by molar-refractivity contribution is 0.318. The smallest absolute Gasteiger partial charge is 0.0885 e. The molecule has 0 unspecified atom stereocenters. The van der Waals surface area contributed by atoms with Crippen LogP contribution in [0.5, 0.6) is 0 Å². The Hall–Kier alpha value is -0.830. The molecule has 1 aromatic heterocycles. The molecule has 0 spiro atoms. The number of oxime groups is 1. The molecule has 1 heterocycles. The van der Waals surface area contributed by atoms with Gasteiger partial charge in [0.05, 0.1) is 5.71 Å². The molecule has 0 radical (unpaired) electrons. The van der Waals surface area contributed by atoms with Crippen molar-refractivity contribution in [3.05, 3.63) is 20.9 Å². The molecule has 0 aromatic carbocycles. The van der Waals surface area contributed by atoms with Crippen molar-refractivity contribution in [2.75, 3.05) is 0 Å². The molecule has 0 atom stereocenters. The second-order valence-corrected chi connectivity index (χ2v) is 4.54. The zero-order chi connectivity index (χ0) is 8.72. The first-order valence-corrected chi connectivity index (χ1v) is 4.86. The van der Waals surface area contributed by atoms with Gasteiger partial charge >= 0.3 is 0 Å². The van der Waals surface area contributed by atoms with Crippen LogP contribution in [0.2, 0.25) is 0 Å². The third-order valence-corrected chi connectivity index (χ3v) is 3.47. The van der Waals surface area contributed by atoms with Crippen LogP contribution < -0.4 is 0 Å². The number of aryl methyl sites for hydroxylation is 2. The van der Waals surface area contributed by atoms with E-state index in [0.717, 1.165) is 18.6 Å². The second-order valence-electron chi connectivity index (χ2n) is 3.11. The van der Waals surface area contributed by atoms with Crippen molar-refractivity contribution in [1.82, 2.24) is 0 Å². The monoisotopic (exact) mass is 181 g/mol. The molecule has 12 heavy (non-hydrogen) atoms. The minimum absolute atomic E-state index is 0.867. The molecular weight excluding hydrogens is 170 g/mol. The number of rotatable bonds is 0. The Morgan fingerprint density at radius 2 is 2.00 bits per heavy atom. The fourth-order valence-electron chi connectivity index (χ4n) is 1.88. The minimum atomic E-state index is 0.867. The van der Waals surface area contributed by atoms with Crippen molar-refractivity contribution in [2.45, 2.75) is 26.7 Å². The van der Waals surface area contributed by atoms with Crippen LogP contribution in [-0.4, -0.2) is 10.9 Å². The van der Waals surface area contributed by atoms with Crippen molar-refractivity contribution in [1.29, 1.82) is 0 Å². The van der Waals surface area contributed by atoms with E-state index in [2.05, 4.69) is 19.0 Å². The lowest BCUT2D eigenvalue weighted by atomic mass is 10.1. The quantitative estimate of drug-likeness (QED) is 0.484. The van der Waals surface area contributed by atoms with Gasteiger partial charge in [0, 0.05) is 15.3 Å². The predicted octanol–water partition coefficient (Wildman–Crippen LogP) is 2.49. The Bertz CT molecular complexity index is 352. The molecule has 0 bridgehead atoms. The van der Waals surface area contributed by atoms with E-state index in [-0.39, 0.29) is 0 Å². The SMILES string of the molecule is Cc1sc(C)c2c1CC/C2=N\O. The summed E-state index contributed by atoms with van der Waals surface area (Å²) >= 11 is 1.80. The Kier molecular flexibility index (Phi) is 1.68. The molecule has 0 amide bonds. The van der Waals surface area contributed by atoms with Crippen molar-refractivity contribution in [2.24, 2.45) is 5.16 Å². The molecule has 2 rings (SSSR count). The molecule has 3 heteroatoms. The molecule has 1 aliphatic rings. The van der Waals surface area contributed by atoms with Crippen LogP contribution in [0, 0.1) is 13.8 Å². The van der Waals surface area contributed by atoms with Crippen LogP contribution in [0.25, 0.3) is 0 Å². The van der Waals surface area contributed by atoms with Gasteiger partial charge in [0.1, 0.15) is 0 Å². The Balaban J connectivity index is 2.64. The maximum atomic E-state index is 8.74. The fourth-order valence-corrected chi connectivity index (χ4v) is 3.01. The Morgan fingerprint density at radius 3 is 2.67 bits per heavy atom. The van der Waals surface area contributed by atoms with Gasteiger partial charge < -0.3 is 5.21 Å². The average Bonchev–Trinajstić information content (AvgIpc) is 2.55. The lowest BCUT2D eigenvalue weighted by Gasteiger charge is -1.92. The summed E-state index contributed by atoms with van der Waals surface area (Å²) in [5.41, 5.74) is 3.47. The van der Waals surface area contributed by atoms with Crippen LogP contribution in [0.15, 0.2) is 5.16 Å². The molecule has 0 fully saturated rings. The summed E-state index contributed by atoms with van der Waals surface area (Å²) in [6.45, 7) is 4.23. The molecule has 0 saturated carbocycles. The largest absolute Gasteiger partial charge is 0.411 e. The second kappa shape index (κ2) is 2.59. The molecule has 1 aromatic rings. The first kappa shape index (κ1) is 7.80. The molecule has 1 aliphatic carbocycles. The van der Waals surface area contributed by atoms with Gasteiger partial charge in [-0.05, 0) is 32.3 Å². The third kappa shape index (κ3) is 0.894. The summed E-state index contributed by atoms with van der Waals surface area (Å²) < 4.78 is 0. The number of nitrogens with zero attached hydrogens (tertiary/aromatic N) is 1. The Labute approximate surface area is 75.5 Å². The van der Waals surface area contributed by atoms with E-state index in [0.29, 0.717) is 0 Å². The van der Waals surface area contributed by atoms with Gasteiger partial charge in [-0.15, -0.1) is 11.3 Å². The summed E-state index contributed by atoms with van der Waals surface area (Å²) in [7, 11) is 0. The van der Waals surface area contributed by atoms with Gasteiger partial charge in [-0.25, -0.2) is 0 Å². The van der Waals surface area contributed by atoms with Gasteiger partial charge in [-0.2, -0.15) is 0 Å². The average molecular weight is 181 g/mol. The van der Waals surface area contributed by atoms with Crippen molar-refractivity contribution in [3.8, 4) is 0 Å². The zero-order valence-corrected chi connectivity index (χ0v) is 8.03. The van der Waals surface area contributed by atoms with Gasteiger partial charge in [0.2, 0.25) is 0 Å². The highest BCUT2D eigenvalue weighted by Gasteiger charge is 2.24. The van der Waals surface area contributed by atoms with Gasteiger partial charge in [0.25, 0.3) is 0 Å². The highest BCUT2D eigenvalue weighted by Crippen LogP contribution is 2.34. The summed E-state index contributed by atoms with van der Waals surface area (Å²) in [5.74, 6) is 0. The lowest BCUT2D eigenvalue weighted by Crippen LogP contribution is -1.93. The molecule has 0 aliphatic heterocycles. The number of thiophene rings is 1. The zero-order valence-electron chi connectivity index (χ0n) is 7.22. The van der Waals surface area contributed by atoms with Crippen molar-refractivity contribution >= 4 is 17.0 Å². The van der Waals surface area contributed by atoms with Crippen LogP contribution >= 0.6 is 11.3 Å². The highest BCUT2D eigenvalue weighted by molar-refractivity contribution is 7.12. The van der Waals surface area contributed by atoms with Crippen molar-refractivity contribution < 1.29 is 5.21 Å². The number of hydrogen-bond acceptors (Lipinski definition) is 3. The standard InChI is InChI=1S/C9H11NOS/c1-5-7-3-4-8(10-11)9(7)6(2)12-5/h11H,3-4H2,1-2H3/b10-8+. The highest BCUT2D eigenvalue weighted by atomic mass is 32.1. The fraction of sp³-hybridized carbons (Fsp3) is 0.444. The summed E-state index contributed by atoms with van der Waals surface area (Å²) in [4.78, 5) is 2.66. The van der Waals surface area contributed by atoms with Gasteiger partial charge in [-0.1, -0.05) is 5.16 Å². The van der Waals surface area contributed by atoms with E-state index in [1.807, 2.05) is 0 Å². The summed E-state index contributed by atoms with van der Waals surface area (Å²) in [5, 5.41) is 12.1. The molecule has 2 nitrogen and oxygen atoms in total. The predicted molar refractivity (Wildman–Crippen MR) is 50.4 cm³/mol. The van der Waals surface area contributed by atoms with E-state index < -0.39 is 0 Å². The third-order valence-electron chi connectivity index (χ3n) is 2.41. The van der Waals surface area contributed by atoms with Crippen LogP contribution in [0.3, 0.4) is 0 Å². The number of fused-ring (bicyclic) bond motifs is 1. The van der Waals surface area contributed by atoms with Gasteiger partial charge in [-0.3, -0.25) is 0 Å². The Morgan fingerprint density at radius 1 is 1.25 bits per heavy atom.